The van der Waals surface area contributed by atoms with Crippen molar-refractivity contribution in [2.45, 2.75) is 11.9 Å². The molecule has 2 aromatic rings. The van der Waals surface area contributed by atoms with E-state index < -0.39 is 15.3 Å². The summed E-state index contributed by atoms with van der Waals surface area (Å²) in [5.41, 5.74) is -0.427. The molecule has 0 aliphatic heterocycles. The van der Waals surface area contributed by atoms with Crippen molar-refractivity contribution in [3.63, 3.8) is 0 Å². The monoisotopic (exact) mass is 256 g/mol. The van der Waals surface area contributed by atoms with Gasteiger partial charge in [0.05, 0.1) is 0 Å². The van der Waals surface area contributed by atoms with Crippen molar-refractivity contribution in [3.8, 4) is 0 Å². The van der Waals surface area contributed by atoms with E-state index in [2.05, 4.69) is 0 Å². The molecule has 3 nitrogen and oxygen atoms in total. The van der Waals surface area contributed by atoms with E-state index in [0.29, 0.717) is 0 Å². The summed E-state index contributed by atoms with van der Waals surface area (Å²) in [7, 11) is -3.39. The normalized spacial score (nSPS) is 14.1. The molecule has 1 N–H and O–H groups in total. The zero-order chi connectivity index (χ0) is 11.8. The van der Waals surface area contributed by atoms with Crippen LogP contribution >= 0.6 is 11.3 Å². The van der Waals surface area contributed by atoms with Crippen LogP contribution in [0.2, 0.25) is 0 Å². The molecule has 0 fully saturated rings. The SMILES string of the molecule is CS(=O)(=O)C(O)Cc1csc2ccccc12. The lowest BCUT2D eigenvalue weighted by atomic mass is 10.1. The number of rotatable bonds is 3. The molecule has 0 bridgehead atoms. The topological polar surface area (TPSA) is 54.4 Å². The average Bonchev–Trinajstić information content (AvgIpc) is 2.61. The van der Waals surface area contributed by atoms with Crippen LogP contribution in [0, 0.1) is 0 Å². The third-order valence-electron chi connectivity index (χ3n) is 2.45. The highest BCUT2D eigenvalue weighted by molar-refractivity contribution is 7.91. The van der Waals surface area contributed by atoms with E-state index in [1.54, 1.807) is 11.3 Å². The van der Waals surface area contributed by atoms with Gasteiger partial charge in [-0.1, -0.05) is 18.2 Å². The fourth-order valence-corrected chi connectivity index (χ4v) is 2.99. The lowest BCUT2D eigenvalue weighted by Gasteiger charge is -2.07. The minimum Gasteiger partial charge on any atom is -0.377 e. The van der Waals surface area contributed by atoms with Crippen LogP contribution in [0.3, 0.4) is 0 Å². The third-order valence-corrected chi connectivity index (χ3v) is 4.62. The van der Waals surface area contributed by atoms with E-state index in [-0.39, 0.29) is 6.42 Å². The van der Waals surface area contributed by atoms with Crippen molar-refractivity contribution in [2.75, 3.05) is 6.26 Å². The number of aliphatic hydroxyl groups is 1. The van der Waals surface area contributed by atoms with Gasteiger partial charge in [-0.2, -0.15) is 0 Å². The number of hydrogen-bond donors (Lipinski definition) is 1. The maximum atomic E-state index is 11.1. The van der Waals surface area contributed by atoms with Gasteiger partial charge in [-0.05, 0) is 22.4 Å². The van der Waals surface area contributed by atoms with Crippen LogP contribution in [0.4, 0.5) is 0 Å². The summed E-state index contributed by atoms with van der Waals surface area (Å²) >= 11 is 1.56. The van der Waals surface area contributed by atoms with Crippen LogP contribution in [-0.4, -0.2) is 25.2 Å². The van der Waals surface area contributed by atoms with Crippen LogP contribution < -0.4 is 0 Å². The van der Waals surface area contributed by atoms with Crippen molar-refractivity contribution >= 4 is 31.3 Å². The van der Waals surface area contributed by atoms with Crippen LogP contribution in [0.5, 0.6) is 0 Å². The predicted octanol–water partition coefficient (Wildman–Crippen LogP) is 1.81. The average molecular weight is 256 g/mol. The minimum absolute atomic E-state index is 0.156. The predicted molar refractivity (Wildman–Crippen MR) is 66.4 cm³/mol. The molecule has 0 aliphatic rings. The van der Waals surface area contributed by atoms with Crippen molar-refractivity contribution < 1.29 is 13.5 Å². The Bertz CT molecular complexity index is 598. The molecule has 0 radical (unpaired) electrons. The summed E-state index contributed by atoms with van der Waals surface area (Å²) in [6.45, 7) is 0. The van der Waals surface area contributed by atoms with Gasteiger partial charge in [-0.25, -0.2) is 8.42 Å². The van der Waals surface area contributed by atoms with Crippen LogP contribution in [0.25, 0.3) is 10.1 Å². The van der Waals surface area contributed by atoms with Gasteiger partial charge < -0.3 is 5.11 Å². The highest BCUT2D eigenvalue weighted by Gasteiger charge is 2.18. The van der Waals surface area contributed by atoms with E-state index in [0.717, 1.165) is 21.9 Å². The number of fused-ring (bicyclic) bond motifs is 1. The summed E-state index contributed by atoms with van der Waals surface area (Å²) in [4.78, 5) is 0. The van der Waals surface area contributed by atoms with Crippen molar-refractivity contribution in [2.24, 2.45) is 0 Å². The maximum Gasteiger partial charge on any atom is 0.174 e. The Morgan fingerprint density at radius 1 is 1.38 bits per heavy atom. The summed E-state index contributed by atoms with van der Waals surface area (Å²) in [5.74, 6) is 0. The Labute approximate surface area is 98.3 Å². The number of hydrogen-bond acceptors (Lipinski definition) is 4. The highest BCUT2D eigenvalue weighted by Crippen LogP contribution is 2.26. The molecule has 0 saturated carbocycles. The molecule has 0 amide bonds. The molecule has 0 aliphatic carbocycles. The molecule has 0 saturated heterocycles. The van der Waals surface area contributed by atoms with Gasteiger partial charge in [0.2, 0.25) is 0 Å². The molecule has 2 rings (SSSR count). The van der Waals surface area contributed by atoms with Gasteiger partial charge >= 0.3 is 0 Å². The van der Waals surface area contributed by atoms with Crippen molar-refractivity contribution in [1.82, 2.24) is 0 Å². The van der Waals surface area contributed by atoms with E-state index in [1.165, 1.54) is 0 Å². The fraction of sp³-hybridized carbons (Fsp3) is 0.273. The lowest BCUT2D eigenvalue weighted by Crippen LogP contribution is -2.21. The van der Waals surface area contributed by atoms with Crippen molar-refractivity contribution in [1.29, 1.82) is 0 Å². The van der Waals surface area contributed by atoms with E-state index in [1.807, 2.05) is 29.6 Å². The molecule has 1 unspecified atom stereocenters. The maximum absolute atomic E-state index is 11.1. The first-order valence-corrected chi connectivity index (χ1v) is 7.64. The van der Waals surface area contributed by atoms with Gasteiger partial charge in [-0.15, -0.1) is 11.3 Å². The molecule has 1 atom stereocenters. The minimum atomic E-state index is -3.39. The molecule has 1 heterocycles. The molecule has 86 valence electrons. The van der Waals surface area contributed by atoms with E-state index in [9.17, 15) is 13.5 Å². The van der Waals surface area contributed by atoms with E-state index >= 15 is 0 Å². The highest BCUT2D eigenvalue weighted by atomic mass is 32.2. The summed E-state index contributed by atoms with van der Waals surface area (Å²) in [5, 5.41) is 12.5. The van der Waals surface area contributed by atoms with Gasteiger partial charge in [0.15, 0.2) is 15.3 Å². The lowest BCUT2D eigenvalue weighted by molar-refractivity contribution is 0.251. The summed E-state index contributed by atoms with van der Waals surface area (Å²) in [6.07, 6.45) is 1.20. The standard InChI is InChI=1S/C11H12O3S2/c1-16(13,14)11(12)6-8-7-15-10-5-3-2-4-9(8)10/h2-5,7,11-12H,6H2,1H3. The zero-order valence-electron chi connectivity index (χ0n) is 8.75. The fourth-order valence-electron chi connectivity index (χ4n) is 1.53. The van der Waals surface area contributed by atoms with Crippen LogP contribution in [-0.2, 0) is 16.3 Å². The second kappa shape index (κ2) is 4.16. The Morgan fingerprint density at radius 3 is 2.75 bits per heavy atom. The first kappa shape index (κ1) is 11.6. The molecule has 1 aromatic carbocycles. The van der Waals surface area contributed by atoms with Gasteiger partial charge in [0, 0.05) is 17.4 Å². The summed E-state index contributed by atoms with van der Waals surface area (Å²) < 4.78 is 23.4. The van der Waals surface area contributed by atoms with Crippen LogP contribution in [0.1, 0.15) is 5.56 Å². The molecule has 16 heavy (non-hydrogen) atoms. The Morgan fingerprint density at radius 2 is 2.06 bits per heavy atom. The van der Waals surface area contributed by atoms with Gasteiger partial charge in [0.1, 0.15) is 0 Å². The third kappa shape index (κ3) is 2.26. The van der Waals surface area contributed by atoms with Crippen LogP contribution in [0.15, 0.2) is 29.6 Å². The molecule has 0 spiro atoms. The molecular weight excluding hydrogens is 244 g/mol. The number of sulfone groups is 1. The number of benzene rings is 1. The second-order valence-corrected chi connectivity index (χ2v) is 6.86. The molecule has 5 heteroatoms. The first-order chi connectivity index (χ1) is 7.48. The zero-order valence-corrected chi connectivity index (χ0v) is 10.4. The van der Waals surface area contributed by atoms with Crippen molar-refractivity contribution in [3.05, 3.63) is 35.2 Å². The smallest absolute Gasteiger partial charge is 0.174 e. The first-order valence-electron chi connectivity index (χ1n) is 4.80. The molecule has 1 aromatic heterocycles. The Kier molecular flexibility index (Phi) is 3.01. The Balaban J connectivity index is 2.35. The van der Waals surface area contributed by atoms with Gasteiger partial charge in [-0.3, -0.25) is 0 Å². The second-order valence-electron chi connectivity index (χ2n) is 3.75. The number of aliphatic hydroxyl groups excluding tert-OH is 1. The quantitative estimate of drug-likeness (QED) is 0.911. The Hall–Kier alpha value is -0.910. The van der Waals surface area contributed by atoms with Gasteiger partial charge in [0.25, 0.3) is 0 Å². The van der Waals surface area contributed by atoms with E-state index in [4.69, 9.17) is 0 Å². The summed E-state index contributed by atoms with van der Waals surface area (Å²) in [6, 6.07) is 7.77. The largest absolute Gasteiger partial charge is 0.377 e. The number of thiophene rings is 1. The molecular formula is C11H12O3S2.